The van der Waals surface area contributed by atoms with Crippen molar-refractivity contribution in [3.05, 3.63) is 54.6 Å². The van der Waals surface area contributed by atoms with E-state index in [-0.39, 0.29) is 6.10 Å². The maximum absolute atomic E-state index is 5.22. The minimum Gasteiger partial charge on any atom is -0.374 e. The predicted octanol–water partition coefficient (Wildman–Crippen LogP) is 2.69. The summed E-state index contributed by atoms with van der Waals surface area (Å²) in [5.74, 6) is 1.09. The summed E-state index contributed by atoms with van der Waals surface area (Å²) in [6, 6.07) is 10.0. The van der Waals surface area contributed by atoms with E-state index in [2.05, 4.69) is 15.1 Å². The summed E-state index contributed by atoms with van der Waals surface area (Å²) in [6.07, 6.45) is 3.54. The van der Waals surface area contributed by atoms with Crippen LogP contribution in [0.3, 0.4) is 0 Å². The summed E-state index contributed by atoms with van der Waals surface area (Å²) in [6.45, 7) is 2.36. The lowest BCUT2D eigenvalue weighted by atomic mass is 10.2. The van der Waals surface area contributed by atoms with E-state index in [0.717, 1.165) is 11.3 Å². The highest BCUT2D eigenvalue weighted by molar-refractivity contribution is 5.57. The van der Waals surface area contributed by atoms with E-state index in [1.807, 2.05) is 48.0 Å². The predicted molar refractivity (Wildman–Crippen MR) is 76.5 cm³/mol. The normalized spacial score (nSPS) is 12.5. The van der Waals surface area contributed by atoms with Crippen molar-refractivity contribution >= 4 is 0 Å². The molecule has 6 nitrogen and oxygen atoms in total. The fraction of sp³-hybridized carbons (Fsp3) is 0.267. The lowest BCUT2D eigenvalue weighted by molar-refractivity contribution is 0.109. The van der Waals surface area contributed by atoms with Crippen LogP contribution in [-0.4, -0.2) is 26.8 Å². The molecule has 0 N–H and O–H groups in total. The summed E-state index contributed by atoms with van der Waals surface area (Å²) in [4.78, 5) is 8.70. The van der Waals surface area contributed by atoms with Crippen LogP contribution in [-0.2, 0) is 11.3 Å². The summed E-state index contributed by atoms with van der Waals surface area (Å²) in [5.41, 5.74) is 2.00. The van der Waals surface area contributed by atoms with Crippen molar-refractivity contribution in [2.45, 2.75) is 19.6 Å². The molecule has 0 saturated heterocycles. The second-order valence-corrected chi connectivity index (χ2v) is 4.72. The van der Waals surface area contributed by atoms with Gasteiger partial charge in [0.1, 0.15) is 12.6 Å². The van der Waals surface area contributed by atoms with E-state index in [1.165, 1.54) is 0 Å². The van der Waals surface area contributed by atoms with Crippen molar-refractivity contribution in [1.29, 1.82) is 0 Å². The average Bonchev–Trinajstić information content (AvgIpc) is 3.17. The van der Waals surface area contributed by atoms with Gasteiger partial charge in [0.15, 0.2) is 5.82 Å². The maximum Gasteiger partial charge on any atom is 0.246 e. The molecule has 0 aliphatic carbocycles. The first-order valence-electron chi connectivity index (χ1n) is 6.68. The highest BCUT2D eigenvalue weighted by Gasteiger charge is 2.13. The zero-order valence-electron chi connectivity index (χ0n) is 11.9. The van der Waals surface area contributed by atoms with E-state index < -0.39 is 0 Å². The van der Waals surface area contributed by atoms with Gasteiger partial charge in [-0.25, -0.2) is 4.98 Å². The molecule has 0 amide bonds. The number of hydrogen-bond acceptors (Lipinski definition) is 5. The standard InChI is InChI=1S/C15H16N4O2/c1-11(20-2)15-17-14(21-18-15)9-19-8-13(16-10-19)12-6-4-3-5-7-12/h3-8,10-11H,9H2,1-2H3. The number of rotatable bonds is 5. The Morgan fingerprint density at radius 1 is 1.29 bits per heavy atom. The Balaban J connectivity index is 1.74. The minimum atomic E-state index is -0.176. The van der Waals surface area contributed by atoms with Gasteiger partial charge in [0.25, 0.3) is 0 Å². The molecule has 0 saturated carbocycles. The molecule has 0 aliphatic heterocycles. The van der Waals surface area contributed by atoms with E-state index in [9.17, 15) is 0 Å². The van der Waals surface area contributed by atoms with Crippen LogP contribution in [0.5, 0.6) is 0 Å². The zero-order chi connectivity index (χ0) is 14.7. The number of nitrogens with zero attached hydrogens (tertiary/aromatic N) is 4. The largest absolute Gasteiger partial charge is 0.374 e. The first kappa shape index (κ1) is 13.5. The van der Waals surface area contributed by atoms with Crippen LogP contribution >= 0.6 is 0 Å². The summed E-state index contributed by atoms with van der Waals surface area (Å²) < 4.78 is 12.3. The molecule has 1 aromatic carbocycles. The highest BCUT2D eigenvalue weighted by Crippen LogP contribution is 2.17. The van der Waals surface area contributed by atoms with Gasteiger partial charge in [-0.15, -0.1) is 0 Å². The number of benzene rings is 1. The Morgan fingerprint density at radius 3 is 2.86 bits per heavy atom. The SMILES string of the molecule is COC(C)c1noc(Cn2cnc(-c3ccccc3)c2)n1. The molecule has 2 aromatic heterocycles. The molecule has 0 bridgehead atoms. The number of imidazole rings is 1. The van der Waals surface area contributed by atoms with Gasteiger partial charge >= 0.3 is 0 Å². The molecule has 0 fully saturated rings. The Kier molecular flexibility index (Phi) is 3.79. The average molecular weight is 284 g/mol. The number of aromatic nitrogens is 4. The Bertz CT molecular complexity index is 705. The van der Waals surface area contributed by atoms with Crippen molar-refractivity contribution in [3.8, 4) is 11.3 Å². The quantitative estimate of drug-likeness (QED) is 0.720. The first-order chi connectivity index (χ1) is 10.3. The molecule has 0 radical (unpaired) electrons. The molecule has 1 atom stereocenters. The van der Waals surface area contributed by atoms with Gasteiger partial charge in [0.2, 0.25) is 5.89 Å². The molecule has 0 spiro atoms. The van der Waals surface area contributed by atoms with Gasteiger partial charge in [0, 0.05) is 18.9 Å². The third kappa shape index (κ3) is 3.00. The van der Waals surface area contributed by atoms with Gasteiger partial charge < -0.3 is 13.8 Å². The third-order valence-electron chi connectivity index (χ3n) is 3.22. The monoisotopic (exact) mass is 284 g/mol. The van der Waals surface area contributed by atoms with E-state index in [0.29, 0.717) is 18.3 Å². The Morgan fingerprint density at radius 2 is 2.10 bits per heavy atom. The molecule has 3 rings (SSSR count). The molecule has 21 heavy (non-hydrogen) atoms. The van der Waals surface area contributed by atoms with E-state index >= 15 is 0 Å². The molecule has 1 unspecified atom stereocenters. The van der Waals surface area contributed by atoms with Crippen molar-refractivity contribution in [2.24, 2.45) is 0 Å². The van der Waals surface area contributed by atoms with Crippen LogP contribution < -0.4 is 0 Å². The van der Waals surface area contributed by atoms with Crippen LogP contribution in [0.15, 0.2) is 47.4 Å². The van der Waals surface area contributed by atoms with Gasteiger partial charge in [-0.2, -0.15) is 4.98 Å². The van der Waals surface area contributed by atoms with Gasteiger partial charge in [0.05, 0.1) is 12.0 Å². The molecule has 108 valence electrons. The van der Waals surface area contributed by atoms with Crippen molar-refractivity contribution in [2.75, 3.05) is 7.11 Å². The third-order valence-corrected chi connectivity index (χ3v) is 3.22. The van der Waals surface area contributed by atoms with Crippen LogP contribution in [0, 0.1) is 0 Å². The molecule has 3 aromatic rings. The number of hydrogen-bond donors (Lipinski definition) is 0. The topological polar surface area (TPSA) is 66.0 Å². The Hall–Kier alpha value is -2.47. The van der Waals surface area contributed by atoms with E-state index in [1.54, 1.807) is 13.4 Å². The number of methoxy groups -OCH3 is 1. The maximum atomic E-state index is 5.22. The second-order valence-electron chi connectivity index (χ2n) is 4.72. The zero-order valence-corrected chi connectivity index (χ0v) is 11.9. The lowest BCUT2D eigenvalue weighted by Gasteiger charge is -2.01. The van der Waals surface area contributed by atoms with E-state index in [4.69, 9.17) is 9.26 Å². The van der Waals surface area contributed by atoms with Crippen LogP contribution in [0.4, 0.5) is 0 Å². The van der Waals surface area contributed by atoms with Gasteiger partial charge in [-0.1, -0.05) is 35.5 Å². The van der Waals surface area contributed by atoms with Gasteiger partial charge in [-0.05, 0) is 6.92 Å². The molecular formula is C15H16N4O2. The minimum absolute atomic E-state index is 0.176. The van der Waals surface area contributed by atoms with Gasteiger partial charge in [-0.3, -0.25) is 0 Å². The fourth-order valence-electron chi connectivity index (χ4n) is 1.96. The number of ether oxygens (including phenoxy) is 1. The van der Waals surface area contributed by atoms with Crippen LogP contribution in [0.2, 0.25) is 0 Å². The van der Waals surface area contributed by atoms with Crippen molar-refractivity contribution in [3.63, 3.8) is 0 Å². The highest BCUT2D eigenvalue weighted by atomic mass is 16.5. The molecule has 6 heteroatoms. The fourth-order valence-corrected chi connectivity index (χ4v) is 1.96. The summed E-state index contributed by atoms with van der Waals surface area (Å²) in [7, 11) is 1.61. The van der Waals surface area contributed by atoms with Crippen LogP contribution in [0.1, 0.15) is 24.7 Å². The molecule has 2 heterocycles. The smallest absolute Gasteiger partial charge is 0.246 e. The Labute approximate surface area is 122 Å². The molecule has 0 aliphatic rings. The van der Waals surface area contributed by atoms with Crippen molar-refractivity contribution < 1.29 is 9.26 Å². The van der Waals surface area contributed by atoms with Crippen molar-refractivity contribution in [1.82, 2.24) is 19.7 Å². The summed E-state index contributed by atoms with van der Waals surface area (Å²) >= 11 is 0. The molecular weight excluding hydrogens is 268 g/mol. The second kappa shape index (κ2) is 5.88. The summed E-state index contributed by atoms with van der Waals surface area (Å²) in [5, 5.41) is 3.90. The van der Waals surface area contributed by atoms with Crippen LogP contribution in [0.25, 0.3) is 11.3 Å². The lowest BCUT2D eigenvalue weighted by Crippen LogP contribution is -2.00. The first-order valence-corrected chi connectivity index (χ1v) is 6.68.